The highest BCUT2D eigenvalue weighted by Crippen LogP contribution is 2.22. The Kier molecular flexibility index (Phi) is 10.9. The summed E-state index contributed by atoms with van der Waals surface area (Å²) < 4.78 is 27.7. The molecule has 0 heterocycles. The number of anilines is 1. The van der Waals surface area contributed by atoms with Crippen LogP contribution in [0.15, 0.2) is 78.9 Å². The molecule has 208 valence electrons. The summed E-state index contributed by atoms with van der Waals surface area (Å²) in [6, 6.07) is 23.3. The van der Waals surface area contributed by atoms with Gasteiger partial charge in [-0.1, -0.05) is 67.1 Å². The highest BCUT2D eigenvalue weighted by molar-refractivity contribution is 14.1. The zero-order chi connectivity index (χ0) is 28.6. The topological polar surface area (TPSA) is 86.8 Å². The van der Waals surface area contributed by atoms with E-state index in [1.165, 1.54) is 4.90 Å². The van der Waals surface area contributed by atoms with Crippen LogP contribution in [0, 0.1) is 10.5 Å². The van der Waals surface area contributed by atoms with Crippen molar-refractivity contribution >= 4 is 50.1 Å². The molecule has 0 bridgehead atoms. The molecule has 0 aliphatic heterocycles. The Labute approximate surface area is 245 Å². The van der Waals surface area contributed by atoms with Crippen molar-refractivity contribution in [2.45, 2.75) is 52.2 Å². The molecule has 0 aliphatic carbocycles. The van der Waals surface area contributed by atoms with E-state index in [9.17, 15) is 18.0 Å². The zero-order valence-electron chi connectivity index (χ0n) is 22.8. The molecule has 0 aliphatic rings. The van der Waals surface area contributed by atoms with E-state index in [1.807, 2.05) is 75.4 Å². The number of amides is 2. The first-order valence-corrected chi connectivity index (χ1v) is 15.8. The van der Waals surface area contributed by atoms with E-state index in [-0.39, 0.29) is 18.5 Å². The third-order valence-corrected chi connectivity index (χ3v) is 8.36. The first-order valence-electron chi connectivity index (χ1n) is 12.9. The molecule has 0 spiro atoms. The minimum absolute atomic E-state index is 0.0778. The molecule has 9 heteroatoms. The fourth-order valence-corrected chi connectivity index (χ4v) is 5.43. The van der Waals surface area contributed by atoms with Crippen LogP contribution in [0.25, 0.3) is 0 Å². The van der Waals surface area contributed by atoms with Gasteiger partial charge in [0.05, 0.1) is 11.9 Å². The lowest BCUT2D eigenvalue weighted by molar-refractivity contribution is -0.140. The number of carbonyl (C=O) groups excluding carboxylic acids is 2. The van der Waals surface area contributed by atoms with Gasteiger partial charge in [0.15, 0.2) is 0 Å². The fourth-order valence-electron chi connectivity index (χ4n) is 4.22. The predicted molar refractivity (Wildman–Crippen MR) is 165 cm³/mol. The molecule has 3 aromatic carbocycles. The molecule has 2 amide bonds. The Balaban J connectivity index is 2.05. The predicted octanol–water partition coefficient (Wildman–Crippen LogP) is 4.92. The van der Waals surface area contributed by atoms with Crippen LogP contribution in [0.5, 0.6) is 0 Å². The van der Waals surface area contributed by atoms with Crippen molar-refractivity contribution in [1.82, 2.24) is 10.2 Å². The van der Waals surface area contributed by atoms with Gasteiger partial charge in [0.2, 0.25) is 21.8 Å². The maximum absolute atomic E-state index is 14.1. The number of benzene rings is 3. The van der Waals surface area contributed by atoms with Crippen LogP contribution >= 0.6 is 22.6 Å². The SMILES string of the molecule is CCC(C)NC(=O)C(Cc1ccccc1)N(Cc1cccc(C)c1)C(=O)CN(c1ccc(I)cc1)S(C)(=O)=O. The van der Waals surface area contributed by atoms with E-state index in [0.29, 0.717) is 12.1 Å². The van der Waals surface area contributed by atoms with Crippen molar-refractivity contribution in [3.05, 3.63) is 99.1 Å². The summed E-state index contributed by atoms with van der Waals surface area (Å²) in [6.07, 6.45) is 2.12. The fraction of sp³-hybridized carbons (Fsp3) is 0.333. The smallest absolute Gasteiger partial charge is 0.244 e. The van der Waals surface area contributed by atoms with Crippen LogP contribution in [0.3, 0.4) is 0 Å². The average Bonchev–Trinajstić information content (AvgIpc) is 2.89. The molecule has 39 heavy (non-hydrogen) atoms. The van der Waals surface area contributed by atoms with Gasteiger partial charge in [-0.2, -0.15) is 0 Å². The quantitative estimate of drug-likeness (QED) is 0.280. The Morgan fingerprint density at radius 1 is 0.949 bits per heavy atom. The Hall–Kier alpha value is -2.92. The standard InChI is InChI=1S/C30H36IN3O4S/c1-5-23(3)32-30(36)28(19-24-11-7-6-8-12-24)33(20-25-13-9-10-22(2)18-25)29(35)21-34(39(4,37)38)27-16-14-26(31)15-17-27/h6-18,23,28H,5,19-21H2,1-4H3,(H,32,36). The number of aryl methyl sites for hydroxylation is 1. The summed E-state index contributed by atoms with van der Waals surface area (Å²) in [5.74, 6) is -0.727. The van der Waals surface area contributed by atoms with Crippen molar-refractivity contribution in [1.29, 1.82) is 0 Å². The maximum atomic E-state index is 14.1. The van der Waals surface area contributed by atoms with Gasteiger partial charge in [-0.3, -0.25) is 13.9 Å². The number of nitrogens with one attached hydrogen (secondary N) is 1. The average molecular weight is 662 g/mol. The molecule has 0 saturated heterocycles. The van der Waals surface area contributed by atoms with Gasteiger partial charge in [0, 0.05) is 22.6 Å². The van der Waals surface area contributed by atoms with Gasteiger partial charge in [-0.05, 0) is 78.3 Å². The highest BCUT2D eigenvalue weighted by Gasteiger charge is 2.33. The second kappa shape index (κ2) is 13.9. The van der Waals surface area contributed by atoms with Gasteiger partial charge in [0.25, 0.3) is 0 Å². The van der Waals surface area contributed by atoms with Crippen LogP contribution in [0.4, 0.5) is 5.69 Å². The molecule has 7 nitrogen and oxygen atoms in total. The van der Waals surface area contributed by atoms with Gasteiger partial charge in [-0.15, -0.1) is 0 Å². The molecule has 1 N–H and O–H groups in total. The largest absolute Gasteiger partial charge is 0.352 e. The van der Waals surface area contributed by atoms with Crippen molar-refractivity contribution in [2.75, 3.05) is 17.1 Å². The van der Waals surface area contributed by atoms with Crippen molar-refractivity contribution in [3.8, 4) is 0 Å². The first kappa shape index (κ1) is 30.6. The minimum Gasteiger partial charge on any atom is -0.352 e. The lowest BCUT2D eigenvalue weighted by Gasteiger charge is -2.34. The van der Waals surface area contributed by atoms with E-state index in [2.05, 4.69) is 27.9 Å². The Bertz CT molecular complexity index is 1360. The van der Waals surface area contributed by atoms with Crippen LogP contribution in [0.2, 0.25) is 0 Å². The van der Waals surface area contributed by atoms with Gasteiger partial charge >= 0.3 is 0 Å². The van der Waals surface area contributed by atoms with Gasteiger partial charge < -0.3 is 10.2 Å². The number of rotatable bonds is 12. The number of sulfonamides is 1. The third-order valence-electron chi connectivity index (χ3n) is 6.50. The van der Waals surface area contributed by atoms with E-state index >= 15 is 0 Å². The minimum atomic E-state index is -3.78. The van der Waals surface area contributed by atoms with Crippen LogP contribution in [-0.2, 0) is 32.6 Å². The number of hydrogen-bond donors (Lipinski definition) is 1. The van der Waals surface area contributed by atoms with Crippen molar-refractivity contribution in [2.24, 2.45) is 0 Å². The van der Waals surface area contributed by atoms with Crippen molar-refractivity contribution in [3.63, 3.8) is 0 Å². The molecule has 0 aromatic heterocycles. The maximum Gasteiger partial charge on any atom is 0.244 e. The second-order valence-electron chi connectivity index (χ2n) is 9.78. The Morgan fingerprint density at radius 3 is 2.18 bits per heavy atom. The molecule has 0 saturated carbocycles. The van der Waals surface area contributed by atoms with Crippen molar-refractivity contribution < 1.29 is 18.0 Å². The van der Waals surface area contributed by atoms with Gasteiger partial charge in [0.1, 0.15) is 12.6 Å². The molecule has 2 unspecified atom stereocenters. The summed E-state index contributed by atoms with van der Waals surface area (Å²) in [4.78, 5) is 29.3. The number of nitrogens with zero attached hydrogens (tertiary/aromatic N) is 2. The van der Waals surface area contributed by atoms with E-state index in [0.717, 1.165) is 37.2 Å². The molecular weight excluding hydrogens is 625 g/mol. The second-order valence-corrected chi connectivity index (χ2v) is 12.9. The third kappa shape index (κ3) is 9.06. The van der Waals surface area contributed by atoms with Crippen LogP contribution in [0.1, 0.15) is 37.0 Å². The normalized spacial score (nSPS) is 12.8. The molecule has 3 aromatic rings. The molecule has 0 fully saturated rings. The zero-order valence-corrected chi connectivity index (χ0v) is 25.8. The lowest BCUT2D eigenvalue weighted by Crippen LogP contribution is -2.54. The lowest BCUT2D eigenvalue weighted by atomic mass is 10.0. The molecule has 2 atom stereocenters. The summed E-state index contributed by atoms with van der Waals surface area (Å²) >= 11 is 2.14. The summed E-state index contributed by atoms with van der Waals surface area (Å²) in [7, 11) is -3.78. The number of carbonyl (C=O) groups is 2. The molecule has 0 radical (unpaired) electrons. The van der Waals surface area contributed by atoms with E-state index in [4.69, 9.17) is 0 Å². The monoisotopic (exact) mass is 661 g/mol. The summed E-state index contributed by atoms with van der Waals surface area (Å²) in [5, 5.41) is 3.04. The summed E-state index contributed by atoms with van der Waals surface area (Å²) in [6.45, 7) is 5.61. The van der Waals surface area contributed by atoms with E-state index < -0.39 is 28.5 Å². The highest BCUT2D eigenvalue weighted by atomic mass is 127. The summed E-state index contributed by atoms with van der Waals surface area (Å²) in [5.41, 5.74) is 3.19. The number of halogens is 1. The molecular formula is C30H36IN3O4S. The van der Waals surface area contributed by atoms with Crippen LogP contribution in [-0.4, -0.2) is 50.0 Å². The van der Waals surface area contributed by atoms with Gasteiger partial charge in [-0.25, -0.2) is 8.42 Å². The van der Waals surface area contributed by atoms with E-state index in [1.54, 1.807) is 24.3 Å². The first-order chi connectivity index (χ1) is 18.5. The van der Waals surface area contributed by atoms with Crippen LogP contribution < -0.4 is 9.62 Å². The number of hydrogen-bond acceptors (Lipinski definition) is 4. The molecule has 3 rings (SSSR count). The Morgan fingerprint density at radius 2 is 1.59 bits per heavy atom.